The molecule has 2 aromatic carbocycles. The topological polar surface area (TPSA) is 87.2 Å². The number of ether oxygens (including phenoxy) is 1. The van der Waals surface area contributed by atoms with Crippen LogP contribution < -0.4 is 9.88 Å². The van der Waals surface area contributed by atoms with Crippen molar-refractivity contribution in [3.63, 3.8) is 0 Å². The predicted molar refractivity (Wildman–Crippen MR) is 106 cm³/mol. The summed E-state index contributed by atoms with van der Waals surface area (Å²) in [7, 11) is -3.68. The maximum Gasteiger partial charge on any atom is 0.238 e. The highest BCUT2D eigenvalue weighted by Gasteiger charge is 2.08. The molecular formula is C16H15N3O3S4. The van der Waals surface area contributed by atoms with Gasteiger partial charge in [0.05, 0.1) is 17.2 Å². The third-order valence-corrected chi connectivity index (χ3v) is 6.52. The van der Waals surface area contributed by atoms with Gasteiger partial charge in [0.2, 0.25) is 10.0 Å². The van der Waals surface area contributed by atoms with Crippen molar-refractivity contribution in [2.75, 3.05) is 12.4 Å². The zero-order valence-corrected chi connectivity index (χ0v) is 16.7. The van der Waals surface area contributed by atoms with Crippen LogP contribution in [0.4, 0.5) is 0 Å². The van der Waals surface area contributed by atoms with Gasteiger partial charge in [-0.25, -0.2) is 18.2 Å². The molecule has 0 radical (unpaired) electrons. The van der Waals surface area contributed by atoms with E-state index >= 15 is 0 Å². The summed E-state index contributed by atoms with van der Waals surface area (Å²) in [6.45, 7) is 0.455. The second kappa shape index (κ2) is 8.31. The summed E-state index contributed by atoms with van der Waals surface area (Å²) in [4.78, 5) is 0.0606. The van der Waals surface area contributed by atoms with E-state index < -0.39 is 10.0 Å². The molecule has 0 aliphatic carbocycles. The normalized spacial score (nSPS) is 11.4. The lowest BCUT2D eigenvalue weighted by atomic mass is 10.3. The van der Waals surface area contributed by atoms with Gasteiger partial charge in [0.25, 0.3) is 0 Å². The number of hydrogen-bond acceptors (Lipinski definition) is 7. The molecule has 6 nitrogen and oxygen atoms in total. The van der Waals surface area contributed by atoms with Gasteiger partial charge >= 0.3 is 0 Å². The second-order valence-electron chi connectivity index (χ2n) is 5.09. The number of rotatable bonds is 7. The van der Waals surface area contributed by atoms with Crippen LogP contribution in [0.2, 0.25) is 0 Å². The molecular weight excluding hydrogens is 410 g/mol. The molecule has 26 heavy (non-hydrogen) atoms. The third-order valence-electron chi connectivity index (χ3n) is 3.26. The van der Waals surface area contributed by atoms with E-state index in [1.807, 2.05) is 30.3 Å². The van der Waals surface area contributed by atoms with Crippen molar-refractivity contribution in [1.29, 1.82) is 0 Å². The number of nitrogens with two attached hydrogens (primary N) is 1. The Hall–Kier alpha value is -1.72. The largest absolute Gasteiger partial charge is 0.493 e. The van der Waals surface area contributed by atoms with Crippen LogP contribution >= 0.6 is 35.3 Å². The second-order valence-corrected chi connectivity index (χ2v) is 9.62. The molecule has 3 rings (SSSR count). The molecule has 0 aliphatic rings. The summed E-state index contributed by atoms with van der Waals surface area (Å²) < 4.78 is 31.3. The van der Waals surface area contributed by atoms with Gasteiger partial charge in [0.15, 0.2) is 8.29 Å². The number of para-hydroxylation sites is 1. The standard InChI is InChI=1S/C16H15N3O3S4/c17-26(20,21)14-8-6-13(7-9-14)22-10-11-24-15-18-19(16(23)25-15)12-4-2-1-3-5-12/h1-9H,10-11H2,(H2,17,20,21). The van der Waals surface area contributed by atoms with Crippen LogP contribution in [0.1, 0.15) is 0 Å². The molecule has 1 aromatic heterocycles. The molecule has 0 saturated heterocycles. The van der Waals surface area contributed by atoms with E-state index in [0.29, 0.717) is 22.1 Å². The number of thioether (sulfide) groups is 1. The van der Waals surface area contributed by atoms with Gasteiger partial charge in [-0.1, -0.05) is 41.3 Å². The summed E-state index contributed by atoms with van der Waals surface area (Å²) in [5.74, 6) is 1.27. The molecule has 0 amide bonds. The van der Waals surface area contributed by atoms with Gasteiger partial charge in [-0.05, 0) is 48.6 Å². The van der Waals surface area contributed by atoms with Gasteiger partial charge < -0.3 is 4.74 Å². The third kappa shape index (κ3) is 4.92. The van der Waals surface area contributed by atoms with Crippen LogP contribution in [0, 0.1) is 3.95 Å². The summed E-state index contributed by atoms with van der Waals surface area (Å²) in [5.41, 5.74) is 0.937. The molecule has 0 bridgehead atoms. The van der Waals surface area contributed by atoms with Crippen LogP contribution in [-0.4, -0.2) is 30.6 Å². The zero-order valence-electron chi connectivity index (χ0n) is 13.4. The molecule has 1 heterocycles. The average Bonchev–Trinajstić information content (AvgIpc) is 3.00. The lowest BCUT2D eigenvalue weighted by molar-refractivity contribution is 0.343. The summed E-state index contributed by atoms with van der Waals surface area (Å²) in [6, 6.07) is 15.8. The Labute approximate surface area is 164 Å². The molecule has 0 aliphatic heterocycles. The van der Waals surface area contributed by atoms with E-state index in [0.717, 1.165) is 10.0 Å². The van der Waals surface area contributed by atoms with Crippen molar-refractivity contribution in [1.82, 2.24) is 9.78 Å². The number of nitrogens with zero attached hydrogens (tertiary/aromatic N) is 2. The Morgan fingerprint density at radius 3 is 2.50 bits per heavy atom. The van der Waals surface area contributed by atoms with Gasteiger partial charge in [-0.2, -0.15) is 0 Å². The van der Waals surface area contributed by atoms with Gasteiger partial charge in [-0.3, -0.25) is 0 Å². The SMILES string of the molecule is NS(=O)(=O)c1ccc(OCCSc2nn(-c3ccccc3)c(=S)s2)cc1. The van der Waals surface area contributed by atoms with Crippen LogP contribution in [0.15, 0.2) is 63.8 Å². The van der Waals surface area contributed by atoms with Crippen LogP contribution in [0.3, 0.4) is 0 Å². The highest BCUT2D eigenvalue weighted by molar-refractivity contribution is 8.01. The summed E-state index contributed by atoms with van der Waals surface area (Å²) in [5, 5.41) is 9.58. The Bertz CT molecular complexity index is 1030. The molecule has 0 fully saturated rings. The first-order valence-corrected chi connectivity index (χ1v) is 11.2. The Kier molecular flexibility index (Phi) is 6.09. The predicted octanol–water partition coefficient (Wildman–Crippen LogP) is 3.48. The van der Waals surface area contributed by atoms with E-state index in [1.54, 1.807) is 28.6 Å². The molecule has 3 aromatic rings. The van der Waals surface area contributed by atoms with Crippen LogP contribution in [-0.2, 0) is 10.0 Å². The number of sulfonamides is 1. The zero-order chi connectivity index (χ0) is 18.6. The monoisotopic (exact) mass is 425 g/mol. The summed E-state index contributed by atoms with van der Waals surface area (Å²) in [6.07, 6.45) is 0. The highest BCUT2D eigenvalue weighted by Crippen LogP contribution is 2.24. The highest BCUT2D eigenvalue weighted by atomic mass is 32.2. The fourth-order valence-corrected chi connectivity index (χ4v) is 4.83. The molecule has 2 N–H and O–H groups in total. The maximum atomic E-state index is 11.2. The van der Waals surface area contributed by atoms with Gasteiger partial charge in [0, 0.05) is 5.75 Å². The van der Waals surface area contributed by atoms with Crippen molar-refractivity contribution in [2.45, 2.75) is 9.24 Å². The van der Waals surface area contributed by atoms with Crippen molar-refractivity contribution in [3.05, 3.63) is 58.6 Å². The van der Waals surface area contributed by atoms with Gasteiger partial charge in [0.1, 0.15) is 5.75 Å². The smallest absolute Gasteiger partial charge is 0.238 e. The first-order chi connectivity index (χ1) is 12.4. The van der Waals surface area contributed by atoms with Crippen molar-refractivity contribution >= 4 is 45.3 Å². The Morgan fingerprint density at radius 2 is 1.85 bits per heavy atom. The minimum Gasteiger partial charge on any atom is -0.493 e. The molecule has 0 unspecified atom stereocenters. The lowest BCUT2D eigenvalue weighted by Gasteiger charge is -2.05. The Morgan fingerprint density at radius 1 is 1.15 bits per heavy atom. The van der Waals surface area contributed by atoms with E-state index in [1.165, 1.54) is 23.5 Å². The average molecular weight is 426 g/mol. The van der Waals surface area contributed by atoms with Crippen LogP contribution in [0.5, 0.6) is 5.75 Å². The minimum absolute atomic E-state index is 0.0606. The lowest BCUT2D eigenvalue weighted by Crippen LogP contribution is -2.11. The van der Waals surface area contributed by atoms with Crippen molar-refractivity contribution in [2.24, 2.45) is 5.14 Å². The van der Waals surface area contributed by atoms with Crippen LogP contribution in [0.25, 0.3) is 5.69 Å². The Balaban J connectivity index is 1.54. The summed E-state index contributed by atoms with van der Waals surface area (Å²) >= 11 is 8.38. The molecule has 10 heteroatoms. The first-order valence-electron chi connectivity index (χ1n) is 7.47. The fraction of sp³-hybridized carbons (Fsp3) is 0.125. The molecule has 0 spiro atoms. The van der Waals surface area contributed by atoms with Crippen molar-refractivity contribution in [3.8, 4) is 11.4 Å². The van der Waals surface area contributed by atoms with E-state index in [2.05, 4.69) is 5.10 Å². The number of primary sulfonamides is 1. The quantitative estimate of drug-likeness (QED) is 0.354. The van der Waals surface area contributed by atoms with Gasteiger partial charge in [-0.15, -0.1) is 5.10 Å². The van der Waals surface area contributed by atoms with Crippen molar-refractivity contribution < 1.29 is 13.2 Å². The minimum atomic E-state index is -3.68. The maximum absolute atomic E-state index is 11.2. The fourth-order valence-electron chi connectivity index (χ4n) is 2.07. The molecule has 0 saturated carbocycles. The molecule has 136 valence electrons. The van der Waals surface area contributed by atoms with E-state index in [-0.39, 0.29) is 4.90 Å². The molecule has 0 atom stereocenters. The number of hydrogen-bond donors (Lipinski definition) is 1. The number of aromatic nitrogens is 2. The number of benzene rings is 2. The first kappa shape index (κ1) is 19.1. The van der Waals surface area contributed by atoms with E-state index in [9.17, 15) is 8.42 Å². The van der Waals surface area contributed by atoms with E-state index in [4.69, 9.17) is 22.1 Å².